The highest BCUT2D eigenvalue weighted by atomic mass is 35.5. The van der Waals surface area contributed by atoms with Gasteiger partial charge in [0, 0.05) is 39.5 Å². The number of aromatic amines is 1. The Hall–Kier alpha value is -3.90. The first-order valence-corrected chi connectivity index (χ1v) is 14.4. The molecule has 1 atom stereocenters. The van der Waals surface area contributed by atoms with Gasteiger partial charge in [0.25, 0.3) is 0 Å². The molecule has 0 saturated heterocycles. The molecule has 0 saturated carbocycles. The minimum Gasteiger partial charge on any atom is -0.497 e. The van der Waals surface area contributed by atoms with Gasteiger partial charge in [-0.3, -0.25) is 9.35 Å². The summed E-state index contributed by atoms with van der Waals surface area (Å²) in [5.41, 5.74) is 3.08. The molecular formula is C27H23ClN4O5S2. The van der Waals surface area contributed by atoms with E-state index < -0.39 is 22.3 Å². The molecule has 200 valence electrons. The number of amides is 1. The van der Waals surface area contributed by atoms with E-state index in [1.165, 1.54) is 35.6 Å². The SMILES string of the molecule is COc1ccc(-c2csc(NC(=O)C(Cc3c[nH]c4ccccc34)N(c3ccc(Cl)cc3)S(=O)(=O)O)n2)cc1. The molecular weight excluding hydrogens is 560 g/mol. The normalized spacial score (nSPS) is 12.3. The fourth-order valence-electron chi connectivity index (χ4n) is 4.27. The number of ether oxygens (including phenoxy) is 1. The van der Waals surface area contributed by atoms with Gasteiger partial charge in [0.1, 0.15) is 11.8 Å². The zero-order chi connectivity index (χ0) is 27.6. The molecule has 2 aromatic heterocycles. The third-order valence-electron chi connectivity index (χ3n) is 6.12. The second kappa shape index (κ2) is 11.1. The molecule has 0 spiro atoms. The van der Waals surface area contributed by atoms with Gasteiger partial charge in [0.2, 0.25) is 5.91 Å². The monoisotopic (exact) mass is 582 g/mol. The Morgan fingerprint density at radius 2 is 1.85 bits per heavy atom. The number of rotatable bonds is 9. The van der Waals surface area contributed by atoms with Crippen molar-refractivity contribution in [2.24, 2.45) is 0 Å². The quantitative estimate of drug-likeness (QED) is 0.188. The van der Waals surface area contributed by atoms with E-state index in [9.17, 15) is 17.8 Å². The standard InChI is InChI=1S/C27H23ClN4O5S2/c1-37-21-12-6-17(7-13-21)24-16-38-27(30-24)31-26(33)25(14-18-15-29-23-5-3-2-4-22(18)23)32(39(34,35)36)20-10-8-19(28)9-11-20/h2-13,15-16,25,29H,14H2,1H3,(H,30,31,33)(H,34,35,36). The van der Waals surface area contributed by atoms with Gasteiger partial charge in [-0.2, -0.15) is 8.42 Å². The van der Waals surface area contributed by atoms with Crippen molar-refractivity contribution >= 4 is 60.9 Å². The molecule has 12 heteroatoms. The second-order valence-corrected chi connectivity index (χ2v) is 11.2. The van der Waals surface area contributed by atoms with Crippen molar-refractivity contribution in [3.63, 3.8) is 0 Å². The number of methoxy groups -OCH3 is 1. The van der Waals surface area contributed by atoms with Crippen LogP contribution >= 0.6 is 22.9 Å². The first-order chi connectivity index (χ1) is 18.7. The van der Waals surface area contributed by atoms with E-state index in [-0.39, 0.29) is 17.2 Å². The largest absolute Gasteiger partial charge is 0.497 e. The number of benzene rings is 3. The first-order valence-electron chi connectivity index (χ1n) is 11.7. The number of carbonyl (C=O) groups excluding carboxylic acids is 1. The van der Waals surface area contributed by atoms with Crippen LogP contribution in [0.5, 0.6) is 5.75 Å². The van der Waals surface area contributed by atoms with Gasteiger partial charge in [-0.05, 0) is 60.2 Å². The van der Waals surface area contributed by atoms with Crippen LogP contribution in [0.25, 0.3) is 22.2 Å². The smallest absolute Gasteiger partial charge is 0.360 e. The molecule has 0 aliphatic rings. The third kappa shape index (κ3) is 5.91. The zero-order valence-electron chi connectivity index (χ0n) is 20.5. The second-order valence-electron chi connectivity index (χ2n) is 8.59. The predicted molar refractivity (Wildman–Crippen MR) is 154 cm³/mol. The number of nitrogens with one attached hydrogen (secondary N) is 2. The van der Waals surface area contributed by atoms with Crippen LogP contribution in [-0.2, 0) is 21.5 Å². The molecule has 5 aromatic rings. The van der Waals surface area contributed by atoms with Crippen LogP contribution < -0.4 is 14.4 Å². The van der Waals surface area contributed by atoms with Crippen LogP contribution in [0.1, 0.15) is 5.56 Å². The van der Waals surface area contributed by atoms with Crippen LogP contribution in [0.2, 0.25) is 5.02 Å². The summed E-state index contributed by atoms with van der Waals surface area (Å²) < 4.78 is 41.5. The van der Waals surface area contributed by atoms with Gasteiger partial charge in [0.05, 0.1) is 18.5 Å². The van der Waals surface area contributed by atoms with E-state index in [1.54, 1.807) is 30.8 Å². The van der Waals surface area contributed by atoms with E-state index in [0.29, 0.717) is 26.3 Å². The van der Waals surface area contributed by atoms with Crippen molar-refractivity contribution in [2.75, 3.05) is 16.7 Å². The summed E-state index contributed by atoms with van der Waals surface area (Å²) in [5, 5.41) is 6.01. The maximum atomic E-state index is 13.7. The van der Waals surface area contributed by atoms with Crippen LogP contribution in [0.3, 0.4) is 0 Å². The number of aromatic nitrogens is 2. The molecule has 9 nitrogen and oxygen atoms in total. The molecule has 1 unspecified atom stereocenters. The minimum atomic E-state index is -4.88. The summed E-state index contributed by atoms with van der Waals surface area (Å²) in [6.45, 7) is 0. The van der Waals surface area contributed by atoms with Gasteiger partial charge < -0.3 is 15.0 Å². The van der Waals surface area contributed by atoms with Gasteiger partial charge >= 0.3 is 10.3 Å². The molecule has 5 rings (SSSR count). The number of carbonyl (C=O) groups is 1. The maximum absolute atomic E-state index is 13.7. The molecule has 3 aromatic carbocycles. The maximum Gasteiger partial charge on any atom is 0.360 e. The predicted octanol–water partition coefficient (Wildman–Crippen LogP) is 5.81. The first kappa shape index (κ1) is 26.7. The lowest BCUT2D eigenvalue weighted by Gasteiger charge is -2.29. The van der Waals surface area contributed by atoms with Crippen molar-refractivity contribution in [1.82, 2.24) is 9.97 Å². The summed E-state index contributed by atoms with van der Waals surface area (Å²) in [7, 11) is -3.30. The lowest BCUT2D eigenvalue weighted by molar-refractivity contribution is -0.117. The minimum absolute atomic E-state index is 0.0328. The van der Waals surface area contributed by atoms with E-state index in [1.807, 2.05) is 36.4 Å². The average molecular weight is 583 g/mol. The Morgan fingerprint density at radius 1 is 1.13 bits per heavy atom. The molecule has 39 heavy (non-hydrogen) atoms. The number of fused-ring (bicyclic) bond motifs is 1. The number of H-pyrrole nitrogens is 1. The van der Waals surface area contributed by atoms with E-state index >= 15 is 0 Å². The van der Waals surface area contributed by atoms with Crippen LogP contribution in [0.4, 0.5) is 10.8 Å². The highest BCUT2D eigenvalue weighted by molar-refractivity contribution is 7.87. The average Bonchev–Trinajstić information content (AvgIpc) is 3.56. The van der Waals surface area contributed by atoms with Crippen LogP contribution in [0, 0.1) is 0 Å². The van der Waals surface area contributed by atoms with Gasteiger partial charge in [-0.1, -0.05) is 29.8 Å². The number of anilines is 2. The van der Waals surface area contributed by atoms with Crippen LogP contribution in [-0.4, -0.2) is 42.0 Å². The molecule has 0 bridgehead atoms. The molecule has 0 aliphatic heterocycles. The number of para-hydroxylation sites is 1. The van der Waals surface area contributed by atoms with Crippen molar-refractivity contribution in [2.45, 2.75) is 12.5 Å². The lowest BCUT2D eigenvalue weighted by Crippen LogP contribution is -2.48. The molecule has 3 N–H and O–H groups in total. The van der Waals surface area contributed by atoms with Crippen LogP contribution in [0.15, 0.2) is 84.4 Å². The van der Waals surface area contributed by atoms with Crippen molar-refractivity contribution < 1.29 is 22.5 Å². The van der Waals surface area contributed by atoms with Gasteiger partial charge in [0.15, 0.2) is 5.13 Å². The zero-order valence-corrected chi connectivity index (χ0v) is 22.9. The topological polar surface area (TPSA) is 125 Å². The number of nitrogens with zero attached hydrogens (tertiary/aromatic N) is 2. The summed E-state index contributed by atoms with van der Waals surface area (Å²) in [4.78, 5) is 21.4. The van der Waals surface area contributed by atoms with Crippen molar-refractivity contribution in [3.8, 4) is 17.0 Å². The van der Waals surface area contributed by atoms with E-state index in [4.69, 9.17) is 16.3 Å². The number of halogens is 1. The molecule has 0 fully saturated rings. The molecule has 1 amide bonds. The van der Waals surface area contributed by atoms with E-state index in [0.717, 1.165) is 16.5 Å². The van der Waals surface area contributed by atoms with E-state index in [2.05, 4.69) is 15.3 Å². The van der Waals surface area contributed by atoms with Gasteiger partial charge in [-0.15, -0.1) is 11.3 Å². The summed E-state index contributed by atoms with van der Waals surface area (Å²) in [6, 6.07) is 19.2. The Bertz CT molecular complexity index is 1720. The summed E-state index contributed by atoms with van der Waals surface area (Å²) >= 11 is 7.20. The Balaban J connectivity index is 1.50. The number of hydrogen-bond donors (Lipinski definition) is 3. The molecule has 0 aliphatic carbocycles. The molecule has 2 heterocycles. The molecule has 0 radical (unpaired) electrons. The Kier molecular flexibility index (Phi) is 7.58. The number of hydrogen-bond acceptors (Lipinski definition) is 6. The summed E-state index contributed by atoms with van der Waals surface area (Å²) in [5.74, 6) is 0.0404. The fourth-order valence-corrected chi connectivity index (χ4v) is 6.00. The Labute approximate surface area is 233 Å². The highest BCUT2D eigenvalue weighted by Crippen LogP contribution is 2.30. The lowest BCUT2D eigenvalue weighted by atomic mass is 10.0. The van der Waals surface area contributed by atoms with Gasteiger partial charge in [-0.25, -0.2) is 9.29 Å². The highest BCUT2D eigenvalue weighted by Gasteiger charge is 2.35. The summed E-state index contributed by atoms with van der Waals surface area (Å²) in [6.07, 6.45) is 1.69. The Morgan fingerprint density at radius 3 is 2.54 bits per heavy atom. The van der Waals surface area contributed by atoms with Crippen molar-refractivity contribution in [1.29, 1.82) is 0 Å². The number of thiazole rings is 1. The van der Waals surface area contributed by atoms with Crippen molar-refractivity contribution in [3.05, 3.63) is 95.0 Å². The fraction of sp³-hybridized carbons (Fsp3) is 0.111. The third-order valence-corrected chi connectivity index (χ3v) is 8.10.